The number of fused-ring (bicyclic) bond motifs is 1. The summed E-state index contributed by atoms with van der Waals surface area (Å²) in [6.45, 7) is 0.664. The van der Waals surface area contributed by atoms with Crippen LogP contribution in [0.5, 0.6) is 5.75 Å². The van der Waals surface area contributed by atoms with Crippen molar-refractivity contribution in [3.8, 4) is 5.75 Å². The molecule has 1 saturated carbocycles. The molecular weight excluding hydrogens is 310 g/mol. The van der Waals surface area contributed by atoms with E-state index in [1.165, 1.54) is 31.7 Å². The van der Waals surface area contributed by atoms with Crippen LogP contribution in [0.1, 0.15) is 25.7 Å². The zero-order valence-corrected chi connectivity index (χ0v) is 13.0. The molecule has 1 heterocycles. The van der Waals surface area contributed by atoms with Crippen LogP contribution in [0.25, 0.3) is 10.9 Å². The van der Waals surface area contributed by atoms with Crippen molar-refractivity contribution in [2.75, 3.05) is 6.61 Å². The van der Waals surface area contributed by atoms with E-state index in [-0.39, 0.29) is 4.90 Å². The highest BCUT2D eigenvalue weighted by atomic mass is 35.7. The van der Waals surface area contributed by atoms with Crippen LogP contribution in [0.2, 0.25) is 0 Å². The maximum absolute atomic E-state index is 11.6. The Kier molecular flexibility index (Phi) is 4.04. The molecule has 0 saturated heterocycles. The highest BCUT2D eigenvalue weighted by Crippen LogP contribution is 2.32. The van der Waals surface area contributed by atoms with E-state index in [0.717, 1.165) is 0 Å². The number of hydrogen-bond acceptors (Lipinski definition) is 4. The van der Waals surface area contributed by atoms with Crippen LogP contribution in [0.4, 0.5) is 0 Å². The summed E-state index contributed by atoms with van der Waals surface area (Å²) in [6, 6.07) is 6.68. The van der Waals surface area contributed by atoms with Crippen LogP contribution in [0.15, 0.2) is 35.4 Å². The Labute approximate surface area is 128 Å². The molecule has 3 rings (SSSR count). The van der Waals surface area contributed by atoms with E-state index >= 15 is 0 Å². The third-order valence-corrected chi connectivity index (χ3v) is 5.26. The molecule has 1 aromatic carbocycles. The molecule has 0 amide bonds. The summed E-state index contributed by atoms with van der Waals surface area (Å²) < 4.78 is 29.1. The monoisotopic (exact) mass is 325 g/mol. The first-order chi connectivity index (χ1) is 10.1. The van der Waals surface area contributed by atoms with Crippen LogP contribution in [0, 0.1) is 5.92 Å². The maximum Gasteiger partial charge on any atom is 0.263 e. The lowest BCUT2D eigenvalue weighted by molar-refractivity contribution is 0.255. The molecule has 0 radical (unpaired) electrons. The Hall–Kier alpha value is -1.33. The summed E-state index contributed by atoms with van der Waals surface area (Å²) in [5.74, 6) is 1.25. The molecule has 112 valence electrons. The highest BCUT2D eigenvalue weighted by Gasteiger charge is 2.19. The molecule has 6 heteroatoms. The second-order valence-electron chi connectivity index (χ2n) is 5.36. The van der Waals surface area contributed by atoms with E-state index < -0.39 is 9.05 Å². The quantitative estimate of drug-likeness (QED) is 0.804. The third-order valence-electron chi connectivity index (χ3n) is 3.90. The third kappa shape index (κ3) is 3.14. The molecule has 1 aliphatic carbocycles. The summed E-state index contributed by atoms with van der Waals surface area (Å²) in [4.78, 5) is 4.17. The van der Waals surface area contributed by atoms with E-state index in [9.17, 15) is 8.42 Å². The number of halogens is 1. The van der Waals surface area contributed by atoms with Crippen LogP contribution >= 0.6 is 10.7 Å². The van der Waals surface area contributed by atoms with Gasteiger partial charge in [-0.05, 0) is 43.0 Å². The molecule has 2 aromatic rings. The largest absolute Gasteiger partial charge is 0.493 e. The summed E-state index contributed by atoms with van der Waals surface area (Å²) in [6.07, 6.45) is 6.48. The van der Waals surface area contributed by atoms with Gasteiger partial charge in [-0.1, -0.05) is 12.8 Å². The van der Waals surface area contributed by atoms with E-state index in [1.807, 2.05) is 0 Å². The molecular formula is C15H16ClNO3S. The number of nitrogens with zero attached hydrogens (tertiary/aromatic N) is 1. The smallest absolute Gasteiger partial charge is 0.263 e. The first-order valence-corrected chi connectivity index (χ1v) is 9.32. The van der Waals surface area contributed by atoms with Gasteiger partial charge in [-0.25, -0.2) is 8.42 Å². The fraction of sp³-hybridized carbons (Fsp3) is 0.400. The molecule has 0 bridgehead atoms. The minimum absolute atomic E-state index is 0.0213. The van der Waals surface area contributed by atoms with Gasteiger partial charge in [-0.15, -0.1) is 0 Å². The molecule has 1 aliphatic rings. The predicted octanol–water partition coefficient (Wildman–Crippen LogP) is 3.73. The Morgan fingerprint density at radius 2 is 2.00 bits per heavy atom. The second-order valence-corrected chi connectivity index (χ2v) is 7.90. The number of benzene rings is 1. The number of rotatable bonds is 4. The minimum Gasteiger partial charge on any atom is -0.493 e. The highest BCUT2D eigenvalue weighted by molar-refractivity contribution is 8.14. The fourth-order valence-corrected chi connectivity index (χ4v) is 3.83. The zero-order chi connectivity index (χ0) is 14.9. The zero-order valence-electron chi connectivity index (χ0n) is 11.5. The number of pyridine rings is 1. The van der Waals surface area contributed by atoms with Gasteiger partial charge >= 0.3 is 0 Å². The molecule has 0 N–H and O–H groups in total. The fourth-order valence-electron chi connectivity index (χ4n) is 2.83. The summed E-state index contributed by atoms with van der Waals surface area (Å²) in [7, 11) is 1.64. The molecule has 1 fully saturated rings. The van der Waals surface area contributed by atoms with Crippen molar-refractivity contribution in [2.24, 2.45) is 5.92 Å². The Morgan fingerprint density at radius 3 is 2.71 bits per heavy atom. The molecule has 0 unspecified atom stereocenters. The van der Waals surface area contributed by atoms with Gasteiger partial charge in [0.25, 0.3) is 9.05 Å². The van der Waals surface area contributed by atoms with Gasteiger partial charge in [-0.2, -0.15) is 0 Å². The van der Waals surface area contributed by atoms with E-state index in [4.69, 9.17) is 15.4 Å². The van der Waals surface area contributed by atoms with Gasteiger partial charge in [0.2, 0.25) is 0 Å². The Bertz CT molecular complexity index is 755. The Balaban J connectivity index is 1.96. The summed E-state index contributed by atoms with van der Waals surface area (Å²) in [5, 5.41) is 0.678. The number of ether oxygens (including phenoxy) is 1. The average molecular weight is 326 g/mol. The standard InChI is InChI=1S/C15H16ClNO3S/c16-21(18,19)14-8-7-13(12-6-3-9-17-15(12)14)20-10-11-4-1-2-5-11/h3,6-9,11H,1-2,4-5,10H2. The van der Waals surface area contributed by atoms with Crippen molar-refractivity contribution in [1.82, 2.24) is 4.98 Å². The molecule has 0 aliphatic heterocycles. The van der Waals surface area contributed by atoms with Crippen molar-refractivity contribution >= 4 is 30.6 Å². The first-order valence-electron chi connectivity index (χ1n) is 7.01. The van der Waals surface area contributed by atoms with Crippen LogP contribution < -0.4 is 4.74 Å². The van der Waals surface area contributed by atoms with Crippen molar-refractivity contribution in [2.45, 2.75) is 30.6 Å². The summed E-state index contributed by atoms with van der Waals surface area (Å²) in [5.41, 5.74) is 0.358. The lowest BCUT2D eigenvalue weighted by atomic mass is 10.1. The molecule has 21 heavy (non-hydrogen) atoms. The molecule has 1 aromatic heterocycles. The number of hydrogen-bond donors (Lipinski definition) is 0. The SMILES string of the molecule is O=S(=O)(Cl)c1ccc(OCC2CCCC2)c2cccnc12. The van der Waals surface area contributed by atoms with Crippen LogP contribution in [-0.2, 0) is 9.05 Å². The Morgan fingerprint density at radius 1 is 1.24 bits per heavy atom. The van der Waals surface area contributed by atoms with Crippen molar-refractivity contribution in [3.63, 3.8) is 0 Å². The van der Waals surface area contributed by atoms with Gasteiger partial charge in [0.1, 0.15) is 10.6 Å². The van der Waals surface area contributed by atoms with Crippen molar-refractivity contribution in [3.05, 3.63) is 30.5 Å². The van der Waals surface area contributed by atoms with E-state index in [2.05, 4.69) is 4.98 Å². The van der Waals surface area contributed by atoms with Crippen LogP contribution in [-0.4, -0.2) is 20.0 Å². The van der Waals surface area contributed by atoms with Gasteiger partial charge in [-0.3, -0.25) is 4.98 Å². The van der Waals surface area contributed by atoms with Gasteiger partial charge in [0, 0.05) is 22.3 Å². The number of aromatic nitrogens is 1. The lowest BCUT2D eigenvalue weighted by Crippen LogP contribution is -2.08. The normalized spacial score (nSPS) is 16.4. The molecule has 0 spiro atoms. The van der Waals surface area contributed by atoms with Gasteiger partial charge < -0.3 is 4.74 Å². The lowest BCUT2D eigenvalue weighted by Gasteiger charge is -2.14. The average Bonchev–Trinajstić information content (AvgIpc) is 2.96. The van der Waals surface area contributed by atoms with Crippen LogP contribution in [0.3, 0.4) is 0 Å². The van der Waals surface area contributed by atoms with E-state index in [1.54, 1.807) is 24.4 Å². The first kappa shape index (κ1) is 14.6. The molecule has 0 atom stereocenters. The van der Waals surface area contributed by atoms with E-state index in [0.29, 0.717) is 29.2 Å². The van der Waals surface area contributed by atoms with Crippen molar-refractivity contribution < 1.29 is 13.2 Å². The topological polar surface area (TPSA) is 56.3 Å². The maximum atomic E-state index is 11.6. The second kappa shape index (κ2) is 5.81. The van der Waals surface area contributed by atoms with Crippen molar-refractivity contribution in [1.29, 1.82) is 0 Å². The molecule has 4 nitrogen and oxygen atoms in total. The minimum atomic E-state index is -3.82. The van der Waals surface area contributed by atoms with Gasteiger partial charge in [0.15, 0.2) is 0 Å². The summed E-state index contributed by atoms with van der Waals surface area (Å²) >= 11 is 0. The predicted molar refractivity (Wildman–Crippen MR) is 82.2 cm³/mol. The van der Waals surface area contributed by atoms with Gasteiger partial charge in [0.05, 0.1) is 12.1 Å².